The standard InChI is InChI=1S/C7H8S/c1-2-5-3-4(1)6-7(5)8-6/h1-2,4-7H,3H2/t4-,5+,6+,7-. The molecular formula is C7H8S. The van der Waals surface area contributed by atoms with E-state index in [0.717, 1.165) is 22.3 Å². The Hall–Kier alpha value is 0.0900. The van der Waals surface area contributed by atoms with Crippen molar-refractivity contribution in [2.75, 3.05) is 0 Å². The highest BCUT2D eigenvalue weighted by Gasteiger charge is 2.55. The SMILES string of the molecule is C1=C[C@H]2C[C@@H]1[C@@H]1S[C@@H]12. The van der Waals surface area contributed by atoms with Crippen LogP contribution < -0.4 is 0 Å². The molecule has 1 aliphatic heterocycles. The lowest BCUT2D eigenvalue weighted by atomic mass is 10.1. The van der Waals surface area contributed by atoms with E-state index in [1.54, 1.807) is 0 Å². The Balaban J connectivity index is 2.12. The van der Waals surface area contributed by atoms with Crippen LogP contribution in [-0.2, 0) is 0 Å². The summed E-state index contributed by atoms with van der Waals surface area (Å²) >= 11 is 2.19. The number of rotatable bonds is 0. The number of hydrogen-bond acceptors (Lipinski definition) is 1. The molecule has 1 saturated carbocycles. The van der Waals surface area contributed by atoms with Gasteiger partial charge in [-0.1, -0.05) is 12.2 Å². The number of thioether (sulfide) groups is 1. The molecule has 1 heteroatoms. The Morgan fingerprint density at radius 1 is 1.12 bits per heavy atom. The van der Waals surface area contributed by atoms with Gasteiger partial charge in [0, 0.05) is 10.5 Å². The molecule has 3 aliphatic rings. The normalized spacial score (nSPS) is 64.0. The summed E-state index contributed by atoms with van der Waals surface area (Å²) in [4.78, 5) is 0. The largest absolute Gasteiger partial charge is 0.152 e. The Kier molecular flexibility index (Phi) is 0.507. The minimum Gasteiger partial charge on any atom is -0.152 e. The van der Waals surface area contributed by atoms with Crippen molar-refractivity contribution in [2.24, 2.45) is 11.8 Å². The quantitative estimate of drug-likeness (QED) is 0.350. The predicted octanol–water partition coefficient (Wildman–Crippen LogP) is 1.68. The molecule has 0 spiro atoms. The Labute approximate surface area is 53.3 Å². The van der Waals surface area contributed by atoms with E-state index in [1.165, 1.54) is 6.42 Å². The van der Waals surface area contributed by atoms with E-state index < -0.39 is 0 Å². The molecule has 2 bridgehead atoms. The highest BCUT2D eigenvalue weighted by molar-refractivity contribution is 8.07. The second-order valence-electron chi connectivity index (χ2n) is 3.01. The minimum absolute atomic E-state index is 0.995. The van der Waals surface area contributed by atoms with Gasteiger partial charge < -0.3 is 0 Å². The van der Waals surface area contributed by atoms with Crippen molar-refractivity contribution in [1.82, 2.24) is 0 Å². The van der Waals surface area contributed by atoms with Crippen LogP contribution in [0.2, 0.25) is 0 Å². The van der Waals surface area contributed by atoms with Crippen LogP contribution in [0.15, 0.2) is 12.2 Å². The molecule has 2 aliphatic carbocycles. The maximum absolute atomic E-state index is 2.42. The highest BCUT2D eigenvalue weighted by Crippen LogP contribution is 2.62. The number of allylic oxidation sites excluding steroid dienone is 2. The first-order chi connectivity index (χ1) is 3.95. The summed E-state index contributed by atoms with van der Waals surface area (Å²) in [5.41, 5.74) is 0. The molecule has 1 saturated heterocycles. The third kappa shape index (κ3) is 0.296. The molecule has 0 aromatic heterocycles. The number of hydrogen-bond donors (Lipinski definition) is 0. The molecule has 0 radical (unpaired) electrons. The average Bonchev–Trinajstić information content (AvgIpc) is 2.39. The summed E-state index contributed by atoms with van der Waals surface area (Å²) in [6.07, 6.45) is 6.33. The van der Waals surface area contributed by atoms with Crippen LogP contribution in [0.3, 0.4) is 0 Å². The van der Waals surface area contributed by atoms with E-state index in [9.17, 15) is 0 Å². The van der Waals surface area contributed by atoms with E-state index >= 15 is 0 Å². The molecule has 2 fully saturated rings. The van der Waals surface area contributed by atoms with Crippen LogP contribution in [0.25, 0.3) is 0 Å². The fraction of sp³-hybridized carbons (Fsp3) is 0.714. The molecule has 0 aromatic carbocycles. The zero-order valence-corrected chi connectivity index (χ0v) is 5.40. The second kappa shape index (κ2) is 1.02. The van der Waals surface area contributed by atoms with Gasteiger partial charge >= 0.3 is 0 Å². The van der Waals surface area contributed by atoms with Crippen molar-refractivity contribution in [1.29, 1.82) is 0 Å². The van der Waals surface area contributed by atoms with Crippen molar-refractivity contribution in [2.45, 2.75) is 16.9 Å². The fourth-order valence-corrected chi connectivity index (χ4v) is 3.55. The van der Waals surface area contributed by atoms with Crippen LogP contribution in [0.1, 0.15) is 6.42 Å². The lowest BCUT2D eigenvalue weighted by molar-refractivity contribution is 0.687. The van der Waals surface area contributed by atoms with Gasteiger partial charge in [0.05, 0.1) is 0 Å². The van der Waals surface area contributed by atoms with E-state index in [-0.39, 0.29) is 0 Å². The first-order valence-corrected chi connectivity index (χ1v) is 4.23. The third-order valence-electron chi connectivity index (χ3n) is 2.56. The van der Waals surface area contributed by atoms with E-state index in [0.29, 0.717) is 0 Å². The first-order valence-electron chi connectivity index (χ1n) is 3.29. The molecule has 0 nitrogen and oxygen atoms in total. The van der Waals surface area contributed by atoms with Crippen molar-refractivity contribution >= 4 is 11.8 Å². The monoisotopic (exact) mass is 124 g/mol. The van der Waals surface area contributed by atoms with Crippen molar-refractivity contribution in [3.8, 4) is 0 Å². The molecule has 4 atom stereocenters. The van der Waals surface area contributed by atoms with Gasteiger partial charge in [0.1, 0.15) is 0 Å². The van der Waals surface area contributed by atoms with Crippen LogP contribution in [0, 0.1) is 11.8 Å². The van der Waals surface area contributed by atoms with Crippen molar-refractivity contribution in [3.63, 3.8) is 0 Å². The molecule has 3 rings (SSSR count). The maximum Gasteiger partial charge on any atom is 0.0238 e. The van der Waals surface area contributed by atoms with Crippen LogP contribution in [0.5, 0.6) is 0 Å². The molecule has 42 valence electrons. The van der Waals surface area contributed by atoms with Gasteiger partial charge in [-0.25, -0.2) is 0 Å². The highest BCUT2D eigenvalue weighted by atomic mass is 32.2. The van der Waals surface area contributed by atoms with E-state index in [2.05, 4.69) is 23.9 Å². The van der Waals surface area contributed by atoms with E-state index in [1.807, 2.05) is 0 Å². The fourth-order valence-electron chi connectivity index (χ4n) is 2.07. The smallest absolute Gasteiger partial charge is 0.0238 e. The van der Waals surface area contributed by atoms with Gasteiger partial charge in [0.15, 0.2) is 0 Å². The van der Waals surface area contributed by atoms with Crippen molar-refractivity contribution < 1.29 is 0 Å². The van der Waals surface area contributed by atoms with Gasteiger partial charge in [-0.2, -0.15) is 11.8 Å². The molecule has 0 N–H and O–H groups in total. The zero-order chi connectivity index (χ0) is 5.14. The Morgan fingerprint density at radius 2 is 1.75 bits per heavy atom. The summed E-state index contributed by atoms with van der Waals surface area (Å²) in [6.45, 7) is 0. The summed E-state index contributed by atoms with van der Waals surface area (Å²) in [5, 5.41) is 2.15. The lowest BCUT2D eigenvalue weighted by Gasteiger charge is -1.96. The third-order valence-corrected chi connectivity index (χ3v) is 4.16. The molecular weight excluding hydrogens is 116 g/mol. The first kappa shape index (κ1) is 3.99. The van der Waals surface area contributed by atoms with Crippen LogP contribution in [0.4, 0.5) is 0 Å². The average molecular weight is 124 g/mol. The molecule has 1 heterocycles. The minimum atomic E-state index is 0.995. The molecule has 0 unspecified atom stereocenters. The number of fused-ring (bicyclic) bond motifs is 5. The zero-order valence-electron chi connectivity index (χ0n) is 4.58. The molecule has 0 amide bonds. The van der Waals surface area contributed by atoms with Gasteiger partial charge in [-0.3, -0.25) is 0 Å². The summed E-state index contributed by atoms with van der Waals surface area (Å²) in [5.74, 6) is 1.99. The predicted molar refractivity (Wildman–Crippen MR) is 35.9 cm³/mol. The summed E-state index contributed by atoms with van der Waals surface area (Å²) < 4.78 is 0. The summed E-state index contributed by atoms with van der Waals surface area (Å²) in [6, 6.07) is 0. The van der Waals surface area contributed by atoms with Crippen LogP contribution >= 0.6 is 11.8 Å². The van der Waals surface area contributed by atoms with Gasteiger partial charge in [-0.05, 0) is 18.3 Å². The van der Waals surface area contributed by atoms with Gasteiger partial charge in [-0.15, -0.1) is 0 Å². The van der Waals surface area contributed by atoms with Gasteiger partial charge in [0.25, 0.3) is 0 Å². The topological polar surface area (TPSA) is 0 Å². The van der Waals surface area contributed by atoms with Crippen molar-refractivity contribution in [3.05, 3.63) is 12.2 Å². The van der Waals surface area contributed by atoms with Crippen LogP contribution in [-0.4, -0.2) is 10.5 Å². The second-order valence-corrected chi connectivity index (χ2v) is 4.37. The maximum atomic E-state index is 2.42. The lowest BCUT2D eigenvalue weighted by Crippen LogP contribution is -1.98. The summed E-state index contributed by atoms with van der Waals surface area (Å²) in [7, 11) is 0. The molecule has 0 aromatic rings. The van der Waals surface area contributed by atoms with Gasteiger partial charge in [0.2, 0.25) is 0 Å². The molecule has 8 heavy (non-hydrogen) atoms. The van der Waals surface area contributed by atoms with E-state index in [4.69, 9.17) is 0 Å². The Bertz CT molecular complexity index is 146. The Morgan fingerprint density at radius 3 is 2.12 bits per heavy atom.